The van der Waals surface area contributed by atoms with Gasteiger partial charge in [-0.2, -0.15) is 0 Å². The van der Waals surface area contributed by atoms with Crippen LogP contribution in [0.3, 0.4) is 0 Å². The van der Waals surface area contributed by atoms with Crippen LogP contribution in [0.4, 0.5) is 11.4 Å². The molecule has 1 aromatic carbocycles. The quantitative estimate of drug-likeness (QED) is 0.421. The number of nitrogens with zero attached hydrogens (tertiary/aromatic N) is 1. The van der Waals surface area contributed by atoms with E-state index in [1.54, 1.807) is 13.0 Å². The van der Waals surface area contributed by atoms with Crippen LogP contribution >= 0.6 is 0 Å². The van der Waals surface area contributed by atoms with Crippen molar-refractivity contribution in [1.29, 1.82) is 0 Å². The van der Waals surface area contributed by atoms with Crippen LogP contribution in [0.5, 0.6) is 0 Å². The summed E-state index contributed by atoms with van der Waals surface area (Å²) in [4.78, 5) is 10.3. The van der Waals surface area contributed by atoms with Gasteiger partial charge < -0.3 is 20.6 Å². The van der Waals surface area contributed by atoms with E-state index in [1.165, 1.54) is 12.1 Å². The SMILES string of the molecule is Cc1c(NC(CO)(CO)CO)cccc1[N+](=O)[O-]. The van der Waals surface area contributed by atoms with Crippen LogP contribution in [0.1, 0.15) is 5.56 Å². The van der Waals surface area contributed by atoms with Gasteiger partial charge >= 0.3 is 0 Å². The van der Waals surface area contributed by atoms with Crippen LogP contribution in [0.15, 0.2) is 18.2 Å². The molecule has 0 fully saturated rings. The summed E-state index contributed by atoms with van der Waals surface area (Å²) in [6.45, 7) is 0.0593. The van der Waals surface area contributed by atoms with Gasteiger partial charge in [-0.1, -0.05) is 6.07 Å². The van der Waals surface area contributed by atoms with Gasteiger partial charge in [0.05, 0.1) is 24.7 Å². The van der Waals surface area contributed by atoms with E-state index in [-0.39, 0.29) is 5.69 Å². The Balaban J connectivity index is 3.11. The topological polar surface area (TPSA) is 116 Å². The molecule has 1 aromatic rings. The minimum absolute atomic E-state index is 0.0669. The highest BCUT2D eigenvalue weighted by Crippen LogP contribution is 2.27. The van der Waals surface area contributed by atoms with Crippen LogP contribution in [-0.2, 0) is 0 Å². The van der Waals surface area contributed by atoms with Gasteiger partial charge in [0.15, 0.2) is 0 Å². The van der Waals surface area contributed by atoms with E-state index in [4.69, 9.17) is 0 Å². The smallest absolute Gasteiger partial charge is 0.274 e. The molecule has 0 saturated carbocycles. The van der Waals surface area contributed by atoms with E-state index in [2.05, 4.69) is 5.32 Å². The molecule has 0 unspecified atom stereocenters. The zero-order valence-corrected chi connectivity index (χ0v) is 9.96. The molecule has 0 radical (unpaired) electrons. The number of hydrogen-bond donors (Lipinski definition) is 4. The lowest BCUT2D eigenvalue weighted by atomic mass is 10.0. The molecule has 0 heterocycles. The van der Waals surface area contributed by atoms with Crippen molar-refractivity contribution >= 4 is 11.4 Å². The molecule has 7 nitrogen and oxygen atoms in total. The third-order valence-corrected chi connectivity index (χ3v) is 2.81. The summed E-state index contributed by atoms with van der Waals surface area (Å²) >= 11 is 0. The van der Waals surface area contributed by atoms with Crippen molar-refractivity contribution in [2.45, 2.75) is 12.5 Å². The van der Waals surface area contributed by atoms with Gasteiger partial charge in [0.2, 0.25) is 0 Å². The van der Waals surface area contributed by atoms with Gasteiger partial charge in [-0.15, -0.1) is 0 Å². The number of aliphatic hydroxyl groups is 3. The Morgan fingerprint density at radius 3 is 2.28 bits per heavy atom. The van der Waals surface area contributed by atoms with Gasteiger partial charge in [0, 0.05) is 17.3 Å². The molecule has 0 spiro atoms. The first kappa shape index (κ1) is 14.4. The summed E-state index contributed by atoms with van der Waals surface area (Å²) in [5.41, 5.74) is -0.605. The monoisotopic (exact) mass is 256 g/mol. The van der Waals surface area contributed by atoms with Crippen molar-refractivity contribution in [3.63, 3.8) is 0 Å². The standard InChI is InChI=1S/C11H16N2O5/c1-8-9(3-2-4-10(8)13(17)18)12-11(5-14,6-15)7-16/h2-4,12,14-16H,5-7H2,1H3. The maximum atomic E-state index is 10.8. The molecule has 18 heavy (non-hydrogen) atoms. The Hall–Kier alpha value is -1.70. The average molecular weight is 256 g/mol. The average Bonchev–Trinajstić information content (AvgIpc) is 2.38. The van der Waals surface area contributed by atoms with Crippen molar-refractivity contribution in [3.8, 4) is 0 Å². The second-order valence-electron chi connectivity index (χ2n) is 4.09. The molecule has 0 aliphatic rings. The van der Waals surface area contributed by atoms with Crippen LogP contribution < -0.4 is 5.32 Å². The Morgan fingerprint density at radius 1 is 1.28 bits per heavy atom. The van der Waals surface area contributed by atoms with Crippen LogP contribution in [-0.4, -0.2) is 45.6 Å². The number of benzene rings is 1. The van der Waals surface area contributed by atoms with Crippen LogP contribution in [0.2, 0.25) is 0 Å². The summed E-state index contributed by atoms with van der Waals surface area (Å²) in [6.07, 6.45) is 0. The number of rotatable bonds is 6. The van der Waals surface area contributed by atoms with Crippen molar-refractivity contribution in [2.24, 2.45) is 0 Å². The Labute approximate surface area is 104 Å². The lowest BCUT2D eigenvalue weighted by Gasteiger charge is -2.30. The number of nitro groups is 1. The Morgan fingerprint density at radius 2 is 1.83 bits per heavy atom. The van der Waals surface area contributed by atoms with E-state index < -0.39 is 30.3 Å². The van der Waals surface area contributed by atoms with Crippen molar-refractivity contribution in [1.82, 2.24) is 0 Å². The first-order valence-electron chi connectivity index (χ1n) is 5.34. The minimum Gasteiger partial charge on any atom is -0.394 e. The fourth-order valence-electron chi connectivity index (χ4n) is 1.51. The second-order valence-corrected chi connectivity index (χ2v) is 4.09. The maximum absolute atomic E-state index is 10.8. The van der Waals surface area contributed by atoms with E-state index >= 15 is 0 Å². The summed E-state index contributed by atoms with van der Waals surface area (Å²) in [5.74, 6) is 0. The molecule has 0 amide bonds. The molecule has 0 aromatic heterocycles. The normalized spacial score (nSPS) is 11.3. The number of aliphatic hydroxyl groups excluding tert-OH is 3. The van der Waals surface area contributed by atoms with E-state index in [9.17, 15) is 25.4 Å². The first-order valence-corrected chi connectivity index (χ1v) is 5.34. The largest absolute Gasteiger partial charge is 0.394 e. The summed E-state index contributed by atoms with van der Waals surface area (Å²) < 4.78 is 0. The van der Waals surface area contributed by atoms with Gasteiger partial charge in [-0.05, 0) is 13.0 Å². The highest BCUT2D eigenvalue weighted by molar-refractivity contribution is 5.61. The van der Waals surface area contributed by atoms with E-state index in [1.807, 2.05) is 0 Å². The number of hydrogen-bond acceptors (Lipinski definition) is 6. The number of anilines is 1. The minimum atomic E-state index is -1.31. The number of nitro benzene ring substituents is 1. The second kappa shape index (κ2) is 5.76. The molecule has 4 N–H and O–H groups in total. The van der Waals surface area contributed by atoms with Crippen LogP contribution in [0.25, 0.3) is 0 Å². The van der Waals surface area contributed by atoms with Crippen molar-refractivity contribution in [2.75, 3.05) is 25.1 Å². The van der Waals surface area contributed by atoms with Gasteiger partial charge in [-0.25, -0.2) is 0 Å². The van der Waals surface area contributed by atoms with Crippen molar-refractivity contribution in [3.05, 3.63) is 33.9 Å². The maximum Gasteiger partial charge on any atom is 0.274 e. The third-order valence-electron chi connectivity index (χ3n) is 2.81. The Bertz CT molecular complexity index is 423. The highest BCUT2D eigenvalue weighted by atomic mass is 16.6. The molecule has 0 saturated heterocycles. The van der Waals surface area contributed by atoms with Crippen molar-refractivity contribution < 1.29 is 20.2 Å². The van der Waals surface area contributed by atoms with Crippen LogP contribution in [0, 0.1) is 17.0 Å². The van der Waals surface area contributed by atoms with Gasteiger partial charge in [0.25, 0.3) is 5.69 Å². The summed E-state index contributed by atoms with van der Waals surface area (Å²) in [5, 5.41) is 41.1. The lowest BCUT2D eigenvalue weighted by molar-refractivity contribution is -0.385. The third kappa shape index (κ3) is 2.76. The molecule has 0 aliphatic heterocycles. The summed E-state index contributed by atoms with van der Waals surface area (Å²) in [7, 11) is 0. The summed E-state index contributed by atoms with van der Waals surface area (Å²) in [6, 6.07) is 4.43. The molecule has 0 atom stereocenters. The van der Waals surface area contributed by atoms with Gasteiger partial charge in [-0.3, -0.25) is 10.1 Å². The molecule has 100 valence electrons. The lowest BCUT2D eigenvalue weighted by Crippen LogP contribution is -2.49. The fourth-order valence-corrected chi connectivity index (χ4v) is 1.51. The van der Waals surface area contributed by atoms with E-state index in [0.717, 1.165) is 0 Å². The highest BCUT2D eigenvalue weighted by Gasteiger charge is 2.29. The number of nitrogens with one attached hydrogen (secondary N) is 1. The van der Waals surface area contributed by atoms with Gasteiger partial charge in [0.1, 0.15) is 5.54 Å². The molecule has 1 rings (SSSR count). The Kier molecular flexibility index (Phi) is 4.60. The zero-order chi connectivity index (χ0) is 13.8. The molecular weight excluding hydrogens is 240 g/mol. The predicted octanol–water partition coefficient (Wildman–Crippen LogP) is 0.0308. The zero-order valence-electron chi connectivity index (χ0n) is 9.96. The molecular formula is C11H16N2O5. The molecule has 0 bridgehead atoms. The van der Waals surface area contributed by atoms with E-state index in [0.29, 0.717) is 11.3 Å². The first-order chi connectivity index (χ1) is 8.49. The molecule has 0 aliphatic carbocycles. The predicted molar refractivity (Wildman–Crippen MR) is 65.4 cm³/mol. The molecule has 7 heteroatoms. The fraction of sp³-hybridized carbons (Fsp3) is 0.455.